The maximum atomic E-state index is 12.2. The molecule has 1 atom stereocenters. The molecule has 6 nitrogen and oxygen atoms in total. The van der Waals surface area contributed by atoms with Crippen LogP contribution in [-0.4, -0.2) is 39.0 Å². The quantitative estimate of drug-likeness (QED) is 0.450. The number of nitrogens with zero attached hydrogens (tertiary/aromatic N) is 2. The third-order valence-electron chi connectivity index (χ3n) is 5.76. The maximum Gasteiger partial charge on any atom is 0.325 e. The second kappa shape index (κ2) is 7.31. The predicted octanol–water partition coefficient (Wildman–Crippen LogP) is 5.08. The lowest BCUT2D eigenvalue weighted by atomic mass is 9.94. The highest BCUT2D eigenvalue weighted by atomic mass is 79.9. The van der Waals surface area contributed by atoms with Crippen molar-refractivity contribution in [1.82, 2.24) is 14.9 Å². The van der Waals surface area contributed by atoms with E-state index in [-0.39, 0.29) is 5.92 Å². The summed E-state index contributed by atoms with van der Waals surface area (Å²) >= 11 is 3.49. The van der Waals surface area contributed by atoms with Crippen molar-refractivity contribution < 1.29 is 14.3 Å². The van der Waals surface area contributed by atoms with Crippen LogP contribution < -0.4 is 0 Å². The summed E-state index contributed by atoms with van der Waals surface area (Å²) in [4.78, 5) is 22.1. The molecule has 1 aliphatic heterocycles. The van der Waals surface area contributed by atoms with E-state index in [1.807, 2.05) is 53.6 Å². The number of piperidine rings is 1. The standard InChI is InChI=1S/C22H20BrN3O3/c23-14-5-6-17-15(11-14)16(12-24-17)20(22(27)28)26-9-7-13(8-10-26)21-25-18-3-1-2-4-19(18)29-21/h1-6,11-13,20,24H,7-10H2,(H,27,28). The van der Waals surface area contributed by atoms with Gasteiger partial charge in [-0.1, -0.05) is 28.1 Å². The average Bonchev–Trinajstić information content (AvgIpc) is 3.33. The molecule has 7 heteroatoms. The van der Waals surface area contributed by atoms with Gasteiger partial charge in [0.15, 0.2) is 11.5 Å². The van der Waals surface area contributed by atoms with Crippen LogP contribution in [0.2, 0.25) is 0 Å². The molecule has 1 saturated heterocycles. The SMILES string of the molecule is O=C(O)C(c1c[nH]c2ccc(Br)cc12)N1CCC(c2nc3ccccc3o2)CC1. The van der Waals surface area contributed by atoms with Crippen LogP contribution in [0.1, 0.15) is 36.3 Å². The van der Waals surface area contributed by atoms with Gasteiger partial charge in [-0.05, 0) is 43.2 Å². The second-order valence-corrected chi connectivity index (χ2v) is 8.42. The number of benzene rings is 2. The number of carboxylic acids is 1. The minimum atomic E-state index is -0.828. The van der Waals surface area contributed by atoms with Crippen molar-refractivity contribution in [2.24, 2.45) is 0 Å². The lowest BCUT2D eigenvalue weighted by Gasteiger charge is -2.34. The molecule has 0 amide bonds. The monoisotopic (exact) mass is 453 g/mol. The Bertz CT molecular complexity index is 1160. The maximum absolute atomic E-state index is 12.2. The number of halogens is 1. The van der Waals surface area contributed by atoms with Crippen molar-refractivity contribution >= 4 is 43.9 Å². The first kappa shape index (κ1) is 18.4. The van der Waals surface area contributed by atoms with Gasteiger partial charge in [-0.25, -0.2) is 4.98 Å². The summed E-state index contributed by atoms with van der Waals surface area (Å²) in [5.74, 6) is 0.144. The van der Waals surface area contributed by atoms with Gasteiger partial charge in [0.05, 0.1) is 0 Å². The van der Waals surface area contributed by atoms with Gasteiger partial charge in [0.1, 0.15) is 11.6 Å². The van der Waals surface area contributed by atoms with Crippen LogP contribution in [0.15, 0.2) is 57.6 Å². The van der Waals surface area contributed by atoms with E-state index in [0.717, 1.165) is 50.8 Å². The van der Waals surface area contributed by atoms with Crippen molar-refractivity contribution in [3.8, 4) is 0 Å². The molecule has 0 spiro atoms. The van der Waals surface area contributed by atoms with Gasteiger partial charge >= 0.3 is 5.97 Å². The summed E-state index contributed by atoms with van der Waals surface area (Å²) in [7, 11) is 0. The van der Waals surface area contributed by atoms with Crippen LogP contribution in [0.25, 0.3) is 22.0 Å². The number of fused-ring (bicyclic) bond motifs is 2. The van der Waals surface area contributed by atoms with Gasteiger partial charge in [-0.2, -0.15) is 0 Å². The van der Waals surface area contributed by atoms with E-state index in [2.05, 4.69) is 25.9 Å². The van der Waals surface area contributed by atoms with Gasteiger partial charge in [0.25, 0.3) is 0 Å². The highest BCUT2D eigenvalue weighted by Crippen LogP contribution is 2.36. The molecule has 148 valence electrons. The molecule has 1 unspecified atom stereocenters. The van der Waals surface area contributed by atoms with Gasteiger partial charge in [-0.15, -0.1) is 0 Å². The molecule has 4 aromatic rings. The van der Waals surface area contributed by atoms with E-state index in [9.17, 15) is 9.90 Å². The summed E-state index contributed by atoms with van der Waals surface area (Å²) in [5.41, 5.74) is 3.42. The Morgan fingerprint density at radius 2 is 2.03 bits per heavy atom. The average molecular weight is 454 g/mol. The molecule has 0 aliphatic carbocycles. The number of nitrogens with one attached hydrogen (secondary N) is 1. The summed E-state index contributed by atoms with van der Waals surface area (Å²) < 4.78 is 6.87. The van der Waals surface area contributed by atoms with E-state index in [4.69, 9.17) is 4.42 Å². The first-order valence-electron chi connectivity index (χ1n) is 9.69. The zero-order valence-corrected chi connectivity index (χ0v) is 17.2. The van der Waals surface area contributed by atoms with Gasteiger partial charge in [-0.3, -0.25) is 9.69 Å². The number of hydrogen-bond acceptors (Lipinski definition) is 4. The van der Waals surface area contributed by atoms with Gasteiger partial charge in [0, 0.05) is 46.1 Å². The van der Waals surface area contributed by atoms with Crippen LogP contribution in [0, 0.1) is 0 Å². The van der Waals surface area contributed by atoms with E-state index < -0.39 is 12.0 Å². The number of aromatic amines is 1. The Morgan fingerprint density at radius 1 is 1.24 bits per heavy atom. The lowest BCUT2D eigenvalue weighted by Crippen LogP contribution is -2.39. The van der Waals surface area contributed by atoms with E-state index in [1.54, 1.807) is 0 Å². The lowest BCUT2D eigenvalue weighted by molar-refractivity contribution is -0.144. The summed E-state index contributed by atoms with van der Waals surface area (Å²) in [6, 6.07) is 13.0. The van der Waals surface area contributed by atoms with Crippen molar-refractivity contribution in [3.63, 3.8) is 0 Å². The minimum absolute atomic E-state index is 0.213. The van der Waals surface area contributed by atoms with Crippen molar-refractivity contribution in [3.05, 3.63) is 64.6 Å². The van der Waals surface area contributed by atoms with Crippen LogP contribution in [-0.2, 0) is 4.79 Å². The fraction of sp³-hybridized carbons (Fsp3) is 0.273. The number of carbonyl (C=O) groups is 1. The second-order valence-electron chi connectivity index (χ2n) is 7.50. The molecule has 2 N–H and O–H groups in total. The predicted molar refractivity (Wildman–Crippen MR) is 114 cm³/mol. The fourth-order valence-electron chi connectivity index (χ4n) is 4.30. The molecule has 0 radical (unpaired) electrons. The number of rotatable bonds is 4. The van der Waals surface area contributed by atoms with Crippen molar-refractivity contribution in [2.45, 2.75) is 24.8 Å². The van der Waals surface area contributed by atoms with Gasteiger partial charge in [0.2, 0.25) is 0 Å². The number of likely N-dealkylation sites (tertiary alicyclic amines) is 1. The molecular formula is C22H20BrN3O3. The molecule has 29 heavy (non-hydrogen) atoms. The Balaban J connectivity index is 1.38. The third-order valence-corrected chi connectivity index (χ3v) is 6.25. The number of aliphatic carboxylic acids is 1. The first-order chi connectivity index (χ1) is 14.1. The van der Waals surface area contributed by atoms with Crippen LogP contribution in [0.5, 0.6) is 0 Å². The fourth-order valence-corrected chi connectivity index (χ4v) is 4.66. The highest BCUT2D eigenvalue weighted by Gasteiger charge is 2.34. The minimum Gasteiger partial charge on any atom is -0.480 e. The Morgan fingerprint density at radius 3 is 2.79 bits per heavy atom. The molecule has 2 aromatic heterocycles. The largest absolute Gasteiger partial charge is 0.480 e. The molecule has 3 heterocycles. The van der Waals surface area contributed by atoms with Crippen LogP contribution in [0.4, 0.5) is 0 Å². The van der Waals surface area contributed by atoms with Gasteiger partial charge < -0.3 is 14.5 Å². The smallest absolute Gasteiger partial charge is 0.325 e. The molecule has 1 aliphatic rings. The zero-order chi connectivity index (χ0) is 20.0. The summed E-state index contributed by atoms with van der Waals surface area (Å²) in [5, 5.41) is 10.9. The van der Waals surface area contributed by atoms with E-state index in [0.29, 0.717) is 13.1 Å². The normalized spacial score (nSPS) is 17.1. The third kappa shape index (κ3) is 3.34. The number of carboxylic acid groups (broad SMARTS) is 1. The van der Waals surface area contributed by atoms with Crippen molar-refractivity contribution in [1.29, 1.82) is 0 Å². The zero-order valence-electron chi connectivity index (χ0n) is 15.6. The first-order valence-corrected chi connectivity index (χ1v) is 10.5. The Hall–Kier alpha value is -2.64. The number of oxazole rings is 1. The van der Waals surface area contributed by atoms with E-state index in [1.165, 1.54) is 0 Å². The number of hydrogen-bond donors (Lipinski definition) is 2. The molecule has 1 fully saturated rings. The Kier molecular flexibility index (Phi) is 4.64. The molecule has 2 aromatic carbocycles. The van der Waals surface area contributed by atoms with E-state index >= 15 is 0 Å². The topological polar surface area (TPSA) is 82.4 Å². The highest BCUT2D eigenvalue weighted by molar-refractivity contribution is 9.10. The van der Waals surface area contributed by atoms with Crippen molar-refractivity contribution in [2.75, 3.05) is 13.1 Å². The summed E-state index contributed by atoms with van der Waals surface area (Å²) in [6.07, 6.45) is 3.47. The number of para-hydroxylation sites is 2. The number of aromatic nitrogens is 2. The molecule has 0 saturated carbocycles. The molecule has 0 bridgehead atoms. The molecular weight excluding hydrogens is 434 g/mol. The number of H-pyrrole nitrogens is 1. The van der Waals surface area contributed by atoms with Crippen LogP contribution >= 0.6 is 15.9 Å². The Labute approximate surface area is 175 Å². The van der Waals surface area contributed by atoms with Crippen LogP contribution in [0.3, 0.4) is 0 Å². The summed E-state index contributed by atoms with van der Waals surface area (Å²) in [6.45, 7) is 1.36. The molecule has 5 rings (SSSR count).